The predicted molar refractivity (Wildman–Crippen MR) is 68.0 cm³/mol. The number of nitrogens with one attached hydrogen (secondary N) is 1. The molecule has 3 rings (SSSR count). The van der Waals surface area contributed by atoms with E-state index >= 15 is 0 Å². The first-order chi connectivity index (χ1) is 8.38. The summed E-state index contributed by atoms with van der Waals surface area (Å²) in [7, 11) is 0. The molecule has 1 aliphatic heterocycles. The minimum atomic E-state index is -0.272. The Labute approximate surface area is 102 Å². The van der Waals surface area contributed by atoms with Crippen molar-refractivity contribution in [2.24, 2.45) is 5.92 Å². The molecular formula is C14H19FN2. The first kappa shape index (κ1) is 11.0. The molecule has 0 radical (unpaired) electrons. The fourth-order valence-electron chi connectivity index (χ4n) is 2.74. The van der Waals surface area contributed by atoms with Crippen molar-refractivity contribution in [3.63, 3.8) is 0 Å². The zero-order valence-corrected chi connectivity index (χ0v) is 10.0. The van der Waals surface area contributed by atoms with Gasteiger partial charge in [0.1, 0.15) is 6.67 Å². The van der Waals surface area contributed by atoms with Crippen LogP contribution in [0, 0.1) is 5.92 Å². The number of benzene rings is 1. The van der Waals surface area contributed by atoms with Gasteiger partial charge in [0, 0.05) is 31.4 Å². The summed E-state index contributed by atoms with van der Waals surface area (Å²) in [6, 6.07) is 8.90. The Morgan fingerprint density at radius 1 is 1.29 bits per heavy atom. The standard InChI is InChI=1S/C14H19FN2/c15-7-8-17-10-13(11-5-6-11)16-9-12-3-1-2-4-14(12)17/h1-4,11,13,16H,5-10H2. The number of hydrogen-bond donors (Lipinski definition) is 1. The highest BCUT2D eigenvalue weighted by Gasteiger charge is 2.33. The Bertz CT molecular complexity index is 390. The second kappa shape index (κ2) is 4.65. The molecule has 92 valence electrons. The van der Waals surface area contributed by atoms with Gasteiger partial charge in [-0.3, -0.25) is 0 Å². The van der Waals surface area contributed by atoms with Gasteiger partial charge in [-0.25, -0.2) is 4.39 Å². The van der Waals surface area contributed by atoms with Gasteiger partial charge in [0.25, 0.3) is 0 Å². The van der Waals surface area contributed by atoms with Crippen LogP contribution in [0.25, 0.3) is 0 Å². The largest absolute Gasteiger partial charge is 0.367 e. The van der Waals surface area contributed by atoms with Gasteiger partial charge >= 0.3 is 0 Å². The molecular weight excluding hydrogens is 215 g/mol. The van der Waals surface area contributed by atoms with Gasteiger partial charge in [0.2, 0.25) is 0 Å². The lowest BCUT2D eigenvalue weighted by Crippen LogP contribution is -2.40. The maximum atomic E-state index is 12.7. The van der Waals surface area contributed by atoms with E-state index in [4.69, 9.17) is 0 Å². The summed E-state index contributed by atoms with van der Waals surface area (Å²) < 4.78 is 12.7. The van der Waals surface area contributed by atoms with Crippen molar-refractivity contribution in [1.29, 1.82) is 0 Å². The van der Waals surface area contributed by atoms with Crippen LogP contribution in [0.1, 0.15) is 18.4 Å². The van der Waals surface area contributed by atoms with Crippen molar-refractivity contribution in [1.82, 2.24) is 5.32 Å². The minimum Gasteiger partial charge on any atom is -0.367 e. The van der Waals surface area contributed by atoms with Crippen molar-refractivity contribution < 1.29 is 4.39 Å². The van der Waals surface area contributed by atoms with E-state index in [0.717, 1.165) is 19.0 Å². The van der Waals surface area contributed by atoms with Crippen LogP contribution in [0.4, 0.5) is 10.1 Å². The van der Waals surface area contributed by atoms with E-state index in [9.17, 15) is 4.39 Å². The lowest BCUT2D eigenvalue weighted by Gasteiger charge is -2.26. The number of anilines is 1. The minimum absolute atomic E-state index is 0.272. The van der Waals surface area contributed by atoms with E-state index in [1.54, 1.807) is 0 Å². The van der Waals surface area contributed by atoms with Crippen LogP contribution < -0.4 is 10.2 Å². The number of hydrogen-bond acceptors (Lipinski definition) is 2. The molecule has 1 aliphatic carbocycles. The Balaban J connectivity index is 1.85. The number of para-hydroxylation sites is 1. The maximum absolute atomic E-state index is 12.7. The van der Waals surface area contributed by atoms with E-state index in [0.29, 0.717) is 12.6 Å². The number of rotatable bonds is 3. The van der Waals surface area contributed by atoms with Gasteiger partial charge in [-0.1, -0.05) is 18.2 Å². The molecule has 2 nitrogen and oxygen atoms in total. The second-order valence-electron chi connectivity index (χ2n) is 5.09. The van der Waals surface area contributed by atoms with Crippen molar-refractivity contribution in [3.8, 4) is 0 Å². The van der Waals surface area contributed by atoms with Gasteiger partial charge in [0.15, 0.2) is 0 Å². The monoisotopic (exact) mass is 234 g/mol. The molecule has 1 saturated carbocycles. The van der Waals surface area contributed by atoms with Crippen LogP contribution in [0.2, 0.25) is 0 Å². The Morgan fingerprint density at radius 3 is 2.88 bits per heavy atom. The summed E-state index contributed by atoms with van der Waals surface area (Å²) in [5.41, 5.74) is 2.50. The van der Waals surface area contributed by atoms with E-state index < -0.39 is 0 Å². The summed E-state index contributed by atoms with van der Waals surface area (Å²) in [5.74, 6) is 0.812. The van der Waals surface area contributed by atoms with Gasteiger partial charge in [-0.15, -0.1) is 0 Å². The summed E-state index contributed by atoms with van der Waals surface area (Å²) in [6.45, 7) is 2.11. The average molecular weight is 234 g/mol. The third-order valence-corrected chi connectivity index (χ3v) is 3.85. The summed E-state index contributed by atoms with van der Waals surface area (Å²) >= 11 is 0. The molecule has 0 bridgehead atoms. The number of alkyl halides is 1. The van der Waals surface area contributed by atoms with Gasteiger partial charge in [-0.05, 0) is 30.4 Å². The van der Waals surface area contributed by atoms with Crippen molar-refractivity contribution in [2.45, 2.75) is 25.4 Å². The van der Waals surface area contributed by atoms with Gasteiger partial charge in [0.05, 0.1) is 0 Å². The lowest BCUT2D eigenvalue weighted by atomic mass is 10.1. The van der Waals surface area contributed by atoms with E-state index in [1.807, 2.05) is 6.07 Å². The first-order valence-corrected chi connectivity index (χ1v) is 6.50. The Kier molecular flexibility index (Phi) is 3.02. The molecule has 17 heavy (non-hydrogen) atoms. The zero-order valence-electron chi connectivity index (χ0n) is 10.0. The number of nitrogens with zero attached hydrogens (tertiary/aromatic N) is 1. The number of halogens is 1. The van der Waals surface area contributed by atoms with Crippen molar-refractivity contribution in [2.75, 3.05) is 24.7 Å². The lowest BCUT2D eigenvalue weighted by molar-refractivity contribution is 0.445. The van der Waals surface area contributed by atoms with E-state index in [1.165, 1.54) is 24.1 Å². The molecule has 1 fully saturated rings. The summed E-state index contributed by atoms with van der Waals surface area (Å²) in [4.78, 5) is 2.21. The van der Waals surface area contributed by atoms with E-state index in [2.05, 4.69) is 28.4 Å². The molecule has 1 atom stereocenters. The van der Waals surface area contributed by atoms with Crippen LogP contribution in [-0.4, -0.2) is 25.8 Å². The topological polar surface area (TPSA) is 15.3 Å². The molecule has 2 aliphatic rings. The Morgan fingerprint density at radius 2 is 2.12 bits per heavy atom. The normalized spacial score (nSPS) is 24.3. The summed E-state index contributed by atoms with van der Waals surface area (Å²) in [5, 5.41) is 3.62. The second-order valence-corrected chi connectivity index (χ2v) is 5.09. The molecule has 1 heterocycles. The molecule has 1 aromatic rings. The van der Waals surface area contributed by atoms with Crippen LogP contribution >= 0.6 is 0 Å². The average Bonchev–Trinajstić information content (AvgIpc) is 3.16. The van der Waals surface area contributed by atoms with Gasteiger partial charge in [-0.2, -0.15) is 0 Å². The highest BCUT2D eigenvalue weighted by atomic mass is 19.1. The van der Waals surface area contributed by atoms with Crippen LogP contribution in [0.5, 0.6) is 0 Å². The Hall–Kier alpha value is -1.09. The highest BCUT2D eigenvalue weighted by Crippen LogP contribution is 2.35. The van der Waals surface area contributed by atoms with Crippen LogP contribution in [-0.2, 0) is 6.54 Å². The molecule has 0 spiro atoms. The van der Waals surface area contributed by atoms with Crippen LogP contribution in [0.15, 0.2) is 24.3 Å². The molecule has 1 unspecified atom stereocenters. The fraction of sp³-hybridized carbons (Fsp3) is 0.571. The molecule has 0 aromatic heterocycles. The van der Waals surface area contributed by atoms with Gasteiger partial charge < -0.3 is 10.2 Å². The molecule has 1 N–H and O–H groups in total. The highest BCUT2D eigenvalue weighted by molar-refractivity contribution is 5.54. The third kappa shape index (κ3) is 2.29. The molecule has 0 amide bonds. The zero-order chi connectivity index (χ0) is 11.7. The number of fused-ring (bicyclic) bond motifs is 1. The third-order valence-electron chi connectivity index (χ3n) is 3.85. The maximum Gasteiger partial charge on any atom is 0.107 e. The fourth-order valence-corrected chi connectivity index (χ4v) is 2.74. The van der Waals surface area contributed by atoms with Crippen molar-refractivity contribution >= 4 is 5.69 Å². The first-order valence-electron chi connectivity index (χ1n) is 6.50. The molecule has 0 saturated heterocycles. The summed E-state index contributed by atoms with van der Waals surface area (Å²) in [6.07, 6.45) is 2.66. The smallest absolute Gasteiger partial charge is 0.107 e. The van der Waals surface area contributed by atoms with Crippen molar-refractivity contribution in [3.05, 3.63) is 29.8 Å². The predicted octanol–water partition coefficient (Wildman–Crippen LogP) is 2.34. The van der Waals surface area contributed by atoms with Crippen LogP contribution in [0.3, 0.4) is 0 Å². The van der Waals surface area contributed by atoms with E-state index in [-0.39, 0.29) is 6.67 Å². The molecule has 1 aromatic carbocycles. The quantitative estimate of drug-likeness (QED) is 0.863. The SMILES string of the molecule is FCCN1CC(C2CC2)NCc2ccccc21. The molecule has 3 heteroatoms.